The number of hydroxylamine groups is 1. The smallest absolute Gasteiger partial charge is 0.261 e. The van der Waals surface area contributed by atoms with Crippen LogP contribution in [0.2, 0.25) is 0 Å². The summed E-state index contributed by atoms with van der Waals surface area (Å²) in [6.45, 7) is 5.71. The first-order valence-corrected chi connectivity index (χ1v) is 10.7. The van der Waals surface area contributed by atoms with Gasteiger partial charge in [-0.3, -0.25) is 10.0 Å². The van der Waals surface area contributed by atoms with E-state index in [1.165, 1.54) is 19.2 Å². The van der Waals surface area contributed by atoms with Crippen LogP contribution in [0.5, 0.6) is 5.75 Å². The molecule has 29 heavy (non-hydrogen) atoms. The molecule has 2 rings (SSSR count). The monoisotopic (exact) mass is 420 g/mol. The Balaban J connectivity index is 2.55. The Morgan fingerprint density at radius 2 is 1.69 bits per heavy atom. The maximum atomic E-state index is 13.5. The zero-order chi connectivity index (χ0) is 21.7. The lowest BCUT2D eigenvalue weighted by molar-refractivity contribution is -0.134. The first kappa shape index (κ1) is 22.9. The average Bonchev–Trinajstić information content (AvgIpc) is 2.70. The number of rotatable bonds is 8. The van der Waals surface area contributed by atoms with Gasteiger partial charge in [0, 0.05) is 6.54 Å². The number of carbonyl (C=O) groups is 1. The first-order valence-electron chi connectivity index (χ1n) is 9.22. The highest BCUT2D eigenvalue weighted by Crippen LogP contribution is 2.30. The first-order chi connectivity index (χ1) is 13.6. The fourth-order valence-corrected chi connectivity index (χ4v) is 4.56. The van der Waals surface area contributed by atoms with E-state index in [-0.39, 0.29) is 23.3 Å². The van der Waals surface area contributed by atoms with E-state index in [1.54, 1.807) is 41.9 Å². The Morgan fingerprint density at radius 1 is 1.10 bits per heavy atom. The molecule has 0 saturated heterocycles. The summed E-state index contributed by atoms with van der Waals surface area (Å²) < 4.78 is 33.3. The molecule has 1 atom stereocenters. The van der Waals surface area contributed by atoms with E-state index >= 15 is 0 Å². The van der Waals surface area contributed by atoms with Crippen molar-refractivity contribution in [3.63, 3.8) is 0 Å². The van der Waals surface area contributed by atoms with Crippen LogP contribution < -0.4 is 10.2 Å². The van der Waals surface area contributed by atoms with Gasteiger partial charge in [-0.15, -0.1) is 0 Å². The van der Waals surface area contributed by atoms with Gasteiger partial charge in [-0.2, -0.15) is 4.31 Å². The van der Waals surface area contributed by atoms with Crippen LogP contribution in [0.1, 0.15) is 32.8 Å². The van der Waals surface area contributed by atoms with Gasteiger partial charge in [0.2, 0.25) is 10.0 Å². The van der Waals surface area contributed by atoms with Crippen LogP contribution in [0.4, 0.5) is 0 Å². The molecule has 0 saturated carbocycles. The molecule has 0 spiro atoms. The van der Waals surface area contributed by atoms with E-state index < -0.39 is 22.0 Å². The Hall–Kier alpha value is -2.42. The number of methoxy groups -OCH3 is 1. The van der Waals surface area contributed by atoms with E-state index in [0.29, 0.717) is 5.75 Å². The molecule has 0 aromatic heterocycles. The van der Waals surface area contributed by atoms with Crippen molar-refractivity contribution in [2.24, 2.45) is 5.41 Å². The third kappa shape index (κ3) is 6.03. The Kier molecular flexibility index (Phi) is 7.40. The lowest BCUT2D eigenvalue weighted by atomic mass is 9.87. The molecule has 0 bridgehead atoms. The summed E-state index contributed by atoms with van der Waals surface area (Å²) in [5.74, 6) is -0.245. The van der Waals surface area contributed by atoms with Crippen molar-refractivity contribution in [1.29, 1.82) is 0 Å². The van der Waals surface area contributed by atoms with Crippen LogP contribution in [-0.2, 0) is 21.4 Å². The third-order valence-corrected chi connectivity index (χ3v) is 6.28. The molecule has 2 aromatic rings. The molecular weight excluding hydrogens is 392 g/mol. The minimum absolute atomic E-state index is 0.0105. The van der Waals surface area contributed by atoms with Gasteiger partial charge in [-0.25, -0.2) is 13.9 Å². The summed E-state index contributed by atoms with van der Waals surface area (Å²) in [7, 11) is -2.55. The summed E-state index contributed by atoms with van der Waals surface area (Å²) in [4.78, 5) is 12.6. The second-order valence-corrected chi connectivity index (χ2v) is 9.86. The summed E-state index contributed by atoms with van der Waals surface area (Å²) in [5.41, 5.74) is 2.00. The predicted octanol–water partition coefficient (Wildman–Crippen LogP) is 3.20. The van der Waals surface area contributed by atoms with Gasteiger partial charge in [0.1, 0.15) is 11.8 Å². The second-order valence-electron chi connectivity index (χ2n) is 7.97. The Labute approximate surface area is 172 Å². The van der Waals surface area contributed by atoms with Crippen molar-refractivity contribution in [1.82, 2.24) is 9.79 Å². The lowest BCUT2D eigenvalue weighted by Gasteiger charge is -2.33. The number of nitrogens with one attached hydrogen (secondary N) is 1. The van der Waals surface area contributed by atoms with Gasteiger partial charge in [0.05, 0.1) is 12.0 Å². The van der Waals surface area contributed by atoms with Crippen molar-refractivity contribution in [3.8, 4) is 5.75 Å². The summed E-state index contributed by atoms with van der Waals surface area (Å²) in [5, 5.41) is 9.28. The van der Waals surface area contributed by atoms with Crippen molar-refractivity contribution < 1.29 is 23.2 Å². The number of amides is 1. The highest BCUT2D eigenvalue weighted by atomic mass is 32.2. The third-order valence-electron chi connectivity index (χ3n) is 4.41. The molecule has 2 aromatic carbocycles. The number of hydrogen-bond acceptors (Lipinski definition) is 5. The predicted molar refractivity (Wildman–Crippen MR) is 110 cm³/mol. The van der Waals surface area contributed by atoms with Gasteiger partial charge in [0.15, 0.2) is 0 Å². The Bertz CT molecular complexity index is 906. The zero-order valence-corrected chi connectivity index (χ0v) is 17.9. The van der Waals surface area contributed by atoms with E-state index in [4.69, 9.17) is 4.74 Å². The number of nitrogens with zero attached hydrogens (tertiary/aromatic N) is 1. The summed E-state index contributed by atoms with van der Waals surface area (Å²) >= 11 is 0. The molecule has 8 heteroatoms. The number of sulfonamides is 1. The van der Waals surface area contributed by atoms with Gasteiger partial charge in [0.25, 0.3) is 5.91 Å². The van der Waals surface area contributed by atoms with Crippen molar-refractivity contribution in [3.05, 3.63) is 60.2 Å². The minimum Gasteiger partial charge on any atom is -0.497 e. The van der Waals surface area contributed by atoms with Crippen LogP contribution >= 0.6 is 0 Å². The number of carbonyl (C=O) groups excluding carboxylic acids is 1. The molecule has 158 valence electrons. The molecule has 1 amide bonds. The normalized spacial score (nSPS) is 13.2. The Morgan fingerprint density at radius 3 is 2.17 bits per heavy atom. The molecule has 0 aliphatic rings. The van der Waals surface area contributed by atoms with E-state index in [1.807, 2.05) is 26.8 Å². The van der Waals surface area contributed by atoms with Crippen LogP contribution in [0.25, 0.3) is 0 Å². The fourth-order valence-electron chi connectivity index (χ4n) is 2.99. The second kappa shape index (κ2) is 9.39. The average molecular weight is 421 g/mol. The van der Waals surface area contributed by atoms with Crippen LogP contribution in [-0.4, -0.2) is 37.0 Å². The molecule has 0 fully saturated rings. The van der Waals surface area contributed by atoms with Gasteiger partial charge in [-0.1, -0.05) is 51.1 Å². The maximum Gasteiger partial charge on any atom is 0.261 e. The molecule has 0 aliphatic heterocycles. The molecule has 0 heterocycles. The maximum absolute atomic E-state index is 13.5. The van der Waals surface area contributed by atoms with Crippen molar-refractivity contribution in [2.45, 2.75) is 44.7 Å². The van der Waals surface area contributed by atoms with Crippen LogP contribution in [0, 0.1) is 5.41 Å². The highest BCUT2D eigenvalue weighted by Gasteiger charge is 2.38. The van der Waals surface area contributed by atoms with Gasteiger partial charge in [-0.05, 0) is 41.7 Å². The number of ether oxygens (including phenoxy) is 1. The SMILES string of the molecule is COc1ccc(S(=O)(=O)N(Cc2ccccc2)[C@H](CC(C)(C)C)C(=O)NO)cc1. The topological polar surface area (TPSA) is 95.9 Å². The number of hydrogen-bond donors (Lipinski definition) is 2. The lowest BCUT2D eigenvalue weighted by Crippen LogP contribution is -2.50. The summed E-state index contributed by atoms with van der Waals surface area (Å²) in [6, 6.07) is 13.9. The largest absolute Gasteiger partial charge is 0.497 e. The molecule has 7 nitrogen and oxygen atoms in total. The minimum atomic E-state index is -4.05. The molecule has 0 unspecified atom stereocenters. The van der Waals surface area contributed by atoms with Crippen molar-refractivity contribution >= 4 is 15.9 Å². The standard InChI is InChI=1S/C21H28N2O5S/c1-21(2,3)14-19(20(24)22-25)23(15-16-8-6-5-7-9-16)29(26,27)18-12-10-17(28-4)11-13-18/h5-13,19,25H,14-15H2,1-4H3,(H,22,24)/t19-/m1/s1. The molecule has 0 aliphatic carbocycles. The number of benzene rings is 2. The van der Waals surface area contributed by atoms with E-state index in [0.717, 1.165) is 9.87 Å². The van der Waals surface area contributed by atoms with Gasteiger partial charge < -0.3 is 4.74 Å². The fraction of sp³-hybridized carbons (Fsp3) is 0.381. The van der Waals surface area contributed by atoms with E-state index in [9.17, 15) is 18.4 Å². The highest BCUT2D eigenvalue weighted by molar-refractivity contribution is 7.89. The summed E-state index contributed by atoms with van der Waals surface area (Å²) in [6.07, 6.45) is 0.224. The zero-order valence-electron chi connectivity index (χ0n) is 17.1. The quantitative estimate of drug-likeness (QED) is 0.505. The van der Waals surface area contributed by atoms with Gasteiger partial charge >= 0.3 is 0 Å². The van der Waals surface area contributed by atoms with Crippen LogP contribution in [0.3, 0.4) is 0 Å². The van der Waals surface area contributed by atoms with Crippen molar-refractivity contribution in [2.75, 3.05) is 7.11 Å². The molecule has 0 radical (unpaired) electrons. The molecule has 2 N–H and O–H groups in total. The van der Waals surface area contributed by atoms with E-state index in [2.05, 4.69) is 0 Å². The van der Waals surface area contributed by atoms with Crippen LogP contribution in [0.15, 0.2) is 59.5 Å². The molecular formula is C21H28N2O5S.